The van der Waals surface area contributed by atoms with E-state index in [1.54, 1.807) is 6.08 Å². The largest absolute Gasteiger partial charge is 0.748 e. The van der Waals surface area contributed by atoms with E-state index in [9.17, 15) is 30.6 Å². The van der Waals surface area contributed by atoms with Crippen LogP contribution in [0.4, 0.5) is 10.1 Å². The number of hydrogen-bond acceptors (Lipinski definition) is 9. The Bertz CT molecular complexity index is 1870. The normalized spacial score (nSPS) is 14.6. The number of fused-ring (bicyclic) bond motifs is 4. The van der Waals surface area contributed by atoms with Gasteiger partial charge in [-0.25, -0.2) is 21.2 Å². The lowest BCUT2D eigenvalue weighted by Crippen LogP contribution is -2.39. The lowest BCUT2D eigenvalue weighted by Gasteiger charge is -2.17. The molecular formula is C25H22FN3O7S3. The van der Waals surface area contributed by atoms with Gasteiger partial charge in [-0.3, -0.25) is 14.4 Å². The van der Waals surface area contributed by atoms with Crippen molar-refractivity contribution < 1.29 is 39.9 Å². The minimum Gasteiger partial charge on any atom is -0.748 e. The number of aryl methyl sites for hydroxylation is 1. The van der Waals surface area contributed by atoms with Crippen LogP contribution in [0.15, 0.2) is 60.5 Å². The molecule has 1 N–H and O–H groups in total. The predicted octanol–water partition coefficient (Wildman–Crippen LogP) is 2.69. The van der Waals surface area contributed by atoms with Gasteiger partial charge in [-0.15, -0.1) is 0 Å². The number of anilines is 1. The Kier molecular flexibility index (Phi) is 7.05. The van der Waals surface area contributed by atoms with Crippen LogP contribution in [0.3, 0.4) is 0 Å². The van der Waals surface area contributed by atoms with Crippen molar-refractivity contribution in [2.24, 2.45) is 0 Å². The first kappa shape index (κ1) is 27.0. The highest BCUT2D eigenvalue weighted by molar-refractivity contribution is 7.89. The van der Waals surface area contributed by atoms with Crippen LogP contribution in [0, 0.1) is 5.82 Å². The summed E-state index contributed by atoms with van der Waals surface area (Å²) in [5.41, 5.74) is 1.07. The fourth-order valence-electron chi connectivity index (χ4n) is 4.44. The van der Waals surface area contributed by atoms with E-state index in [2.05, 4.69) is 0 Å². The standard InChI is InChI=1S/C25H22FN3O7S3/c1-38(31,32)27-22(30)15-29-19-13-17(26)8-9-20(19)36-23(29)14-24-28(11-4-12-39(33,34)35)25-18-6-3-2-5-16(18)7-10-21(25)37-24/h2-3,5-10,13-14H,4,11-12,15H2,1H3,(H-,27,30,33,34,35). The van der Waals surface area contributed by atoms with Crippen molar-refractivity contribution in [2.45, 2.75) is 13.0 Å². The molecule has 1 amide bonds. The van der Waals surface area contributed by atoms with Crippen molar-refractivity contribution in [3.8, 4) is 5.75 Å². The van der Waals surface area contributed by atoms with Crippen molar-refractivity contribution in [1.82, 2.24) is 4.72 Å². The Labute approximate surface area is 227 Å². The number of halogens is 1. The van der Waals surface area contributed by atoms with Crippen LogP contribution in [0.25, 0.3) is 27.1 Å². The summed E-state index contributed by atoms with van der Waals surface area (Å²) in [4.78, 5) is 13.9. The van der Waals surface area contributed by atoms with Crippen molar-refractivity contribution in [3.05, 3.63) is 71.3 Å². The summed E-state index contributed by atoms with van der Waals surface area (Å²) in [6, 6.07) is 15.3. The monoisotopic (exact) mass is 591 g/mol. The molecule has 0 saturated heterocycles. The number of thiazole rings is 1. The lowest BCUT2D eigenvalue weighted by atomic mass is 10.1. The molecule has 3 aromatic carbocycles. The van der Waals surface area contributed by atoms with Gasteiger partial charge in [0.1, 0.15) is 17.1 Å². The molecule has 0 spiro atoms. The van der Waals surface area contributed by atoms with Gasteiger partial charge in [-0.05, 0) is 29.7 Å². The number of rotatable bonds is 8. The second-order valence-electron chi connectivity index (χ2n) is 8.92. The second-order valence-corrected chi connectivity index (χ2v) is 13.3. The zero-order valence-electron chi connectivity index (χ0n) is 20.5. The zero-order chi connectivity index (χ0) is 27.9. The maximum absolute atomic E-state index is 14.1. The average Bonchev–Trinajstić information content (AvgIpc) is 3.35. The third-order valence-corrected chi connectivity index (χ3v) is 8.41. The molecule has 0 aliphatic carbocycles. The number of hydrogen-bond donors (Lipinski definition) is 1. The number of amides is 1. The number of benzene rings is 3. The predicted molar refractivity (Wildman–Crippen MR) is 144 cm³/mol. The molecule has 0 saturated carbocycles. The van der Waals surface area contributed by atoms with Gasteiger partial charge >= 0.3 is 0 Å². The molecule has 204 valence electrons. The van der Waals surface area contributed by atoms with Crippen LogP contribution in [-0.4, -0.2) is 45.8 Å². The third kappa shape index (κ3) is 6.03. The van der Waals surface area contributed by atoms with E-state index in [1.165, 1.54) is 34.4 Å². The molecule has 0 atom stereocenters. The summed E-state index contributed by atoms with van der Waals surface area (Å²) in [5.74, 6) is -1.56. The summed E-state index contributed by atoms with van der Waals surface area (Å²) in [5, 5.41) is 2.50. The molecule has 4 aromatic rings. The molecule has 0 fully saturated rings. The molecule has 1 aromatic heterocycles. The quantitative estimate of drug-likeness (QED) is 0.244. The van der Waals surface area contributed by atoms with E-state index >= 15 is 0 Å². The van der Waals surface area contributed by atoms with Gasteiger partial charge in [0.05, 0.1) is 33.5 Å². The molecule has 14 heteroatoms. The Morgan fingerprint density at radius 2 is 1.92 bits per heavy atom. The van der Waals surface area contributed by atoms with E-state index in [0.29, 0.717) is 5.01 Å². The SMILES string of the molecule is CS(=O)(=O)NC(=O)CN1C(=Cc2sc3ccc4ccccc4c3[n+]2CCCS(=O)(=O)[O-])Oc2ccc(F)cc21. The molecule has 0 bridgehead atoms. The number of ether oxygens (including phenoxy) is 1. The van der Waals surface area contributed by atoms with Crippen molar-refractivity contribution in [1.29, 1.82) is 0 Å². The molecule has 5 rings (SSSR count). The van der Waals surface area contributed by atoms with Gasteiger partial charge in [0.25, 0.3) is 10.9 Å². The fourth-order valence-corrected chi connectivity index (χ4v) is 6.53. The maximum Gasteiger partial charge on any atom is 0.268 e. The first-order valence-electron chi connectivity index (χ1n) is 11.6. The minimum atomic E-state index is -4.42. The van der Waals surface area contributed by atoms with Gasteiger partial charge in [-0.2, -0.15) is 4.57 Å². The fraction of sp³-hybridized carbons (Fsp3) is 0.200. The highest BCUT2D eigenvalue weighted by Crippen LogP contribution is 2.40. The minimum absolute atomic E-state index is 0.0640. The van der Waals surface area contributed by atoms with Crippen LogP contribution >= 0.6 is 11.3 Å². The molecule has 2 heterocycles. The molecule has 1 aliphatic rings. The third-order valence-electron chi connectivity index (χ3n) is 5.93. The summed E-state index contributed by atoms with van der Waals surface area (Å²) in [6.07, 6.45) is 2.54. The van der Waals surface area contributed by atoms with E-state index in [1.807, 2.05) is 45.7 Å². The van der Waals surface area contributed by atoms with Gasteiger partial charge in [-0.1, -0.05) is 35.6 Å². The van der Waals surface area contributed by atoms with Crippen LogP contribution in [0.5, 0.6) is 5.75 Å². The van der Waals surface area contributed by atoms with Gasteiger partial charge in [0.15, 0.2) is 12.3 Å². The van der Waals surface area contributed by atoms with E-state index in [0.717, 1.165) is 27.2 Å². The summed E-state index contributed by atoms with van der Waals surface area (Å²) in [6.45, 7) is -0.275. The number of nitrogens with zero attached hydrogens (tertiary/aromatic N) is 2. The Balaban J connectivity index is 1.63. The van der Waals surface area contributed by atoms with E-state index in [4.69, 9.17) is 4.74 Å². The highest BCUT2D eigenvalue weighted by atomic mass is 32.2. The first-order valence-corrected chi connectivity index (χ1v) is 15.9. The topological polar surface area (TPSA) is 137 Å². The van der Waals surface area contributed by atoms with Crippen LogP contribution < -0.4 is 18.9 Å². The summed E-state index contributed by atoms with van der Waals surface area (Å²) in [7, 11) is -8.25. The van der Waals surface area contributed by atoms with Crippen LogP contribution in [0.1, 0.15) is 11.4 Å². The summed E-state index contributed by atoms with van der Waals surface area (Å²) < 4.78 is 81.7. The molecule has 1 aliphatic heterocycles. The van der Waals surface area contributed by atoms with Crippen LogP contribution in [0.2, 0.25) is 0 Å². The van der Waals surface area contributed by atoms with E-state index in [-0.39, 0.29) is 30.3 Å². The number of nitrogens with one attached hydrogen (secondary N) is 1. The maximum atomic E-state index is 14.1. The Hall–Kier alpha value is -3.59. The average molecular weight is 592 g/mol. The van der Waals surface area contributed by atoms with Gasteiger partial charge in [0.2, 0.25) is 21.4 Å². The number of sulfonamides is 1. The van der Waals surface area contributed by atoms with Gasteiger partial charge < -0.3 is 9.29 Å². The molecule has 0 unspecified atom stereocenters. The zero-order valence-corrected chi connectivity index (χ0v) is 22.9. The van der Waals surface area contributed by atoms with Crippen molar-refractivity contribution in [2.75, 3.05) is 23.5 Å². The van der Waals surface area contributed by atoms with Crippen molar-refractivity contribution in [3.63, 3.8) is 0 Å². The Morgan fingerprint density at radius 3 is 2.67 bits per heavy atom. The first-order chi connectivity index (χ1) is 18.4. The molecule has 0 radical (unpaired) electrons. The smallest absolute Gasteiger partial charge is 0.268 e. The molecule has 39 heavy (non-hydrogen) atoms. The number of aromatic nitrogens is 1. The number of carbonyl (C=O) groups is 1. The van der Waals surface area contributed by atoms with E-state index < -0.39 is 44.2 Å². The van der Waals surface area contributed by atoms with Gasteiger partial charge in [0, 0.05) is 18.2 Å². The lowest BCUT2D eigenvalue weighted by molar-refractivity contribution is -0.667. The Morgan fingerprint density at radius 1 is 1.15 bits per heavy atom. The second kappa shape index (κ2) is 10.2. The molecular weight excluding hydrogens is 569 g/mol. The van der Waals surface area contributed by atoms with Crippen molar-refractivity contribution >= 4 is 70.1 Å². The molecule has 10 nitrogen and oxygen atoms in total. The highest BCUT2D eigenvalue weighted by Gasteiger charge is 2.32. The number of carbonyl (C=O) groups excluding carboxylic acids is 1. The summed E-state index contributed by atoms with van der Waals surface area (Å²) >= 11 is 1.38. The van der Waals surface area contributed by atoms with Crippen LogP contribution in [-0.2, 0) is 31.5 Å².